The fraction of sp³-hybridized carbons (Fsp3) is 0.692. The van der Waals surface area contributed by atoms with Crippen LogP contribution in [0, 0.1) is 12.8 Å². The number of nitrogens with zero attached hydrogens (tertiary/aromatic N) is 2. The van der Waals surface area contributed by atoms with Gasteiger partial charge in [-0.2, -0.15) is 4.98 Å². The number of nitrogens with one attached hydrogen (secondary N) is 1. The zero-order valence-corrected chi connectivity index (χ0v) is 11.1. The Bertz CT molecular complexity index is 397. The summed E-state index contributed by atoms with van der Waals surface area (Å²) in [5, 5.41) is 3.47. The molecule has 1 saturated carbocycles. The summed E-state index contributed by atoms with van der Waals surface area (Å²) in [6, 6.07) is 2.31. The molecule has 1 aliphatic carbocycles. The van der Waals surface area contributed by atoms with Crippen LogP contribution < -0.4 is 15.8 Å². The monoisotopic (exact) mass is 250 g/mol. The lowest BCUT2D eigenvalue weighted by molar-refractivity contribution is 0.341. The van der Waals surface area contributed by atoms with Gasteiger partial charge in [0.15, 0.2) is 0 Å². The molecule has 1 aliphatic rings. The van der Waals surface area contributed by atoms with Crippen LogP contribution in [0.2, 0.25) is 0 Å². The van der Waals surface area contributed by atoms with Crippen LogP contribution in [-0.4, -0.2) is 29.7 Å². The highest BCUT2D eigenvalue weighted by molar-refractivity contribution is 5.39. The largest absolute Gasteiger partial charge is 0.481 e. The minimum Gasteiger partial charge on any atom is -0.481 e. The van der Waals surface area contributed by atoms with Gasteiger partial charge in [0, 0.05) is 12.1 Å². The molecule has 0 aromatic carbocycles. The first-order valence-corrected chi connectivity index (χ1v) is 6.57. The molecule has 5 heteroatoms. The van der Waals surface area contributed by atoms with Gasteiger partial charge in [-0.3, -0.25) is 0 Å². The van der Waals surface area contributed by atoms with Crippen molar-refractivity contribution in [2.45, 2.75) is 38.6 Å². The maximum atomic E-state index is 5.76. The van der Waals surface area contributed by atoms with Crippen LogP contribution in [0.1, 0.15) is 31.5 Å². The predicted molar refractivity (Wildman–Crippen MR) is 71.7 cm³/mol. The van der Waals surface area contributed by atoms with E-state index < -0.39 is 0 Å². The van der Waals surface area contributed by atoms with Gasteiger partial charge in [0.05, 0.1) is 7.11 Å². The molecule has 1 aromatic rings. The number of aromatic nitrogens is 2. The van der Waals surface area contributed by atoms with Crippen LogP contribution in [0.3, 0.4) is 0 Å². The molecule has 0 radical (unpaired) electrons. The van der Waals surface area contributed by atoms with Gasteiger partial charge >= 0.3 is 0 Å². The summed E-state index contributed by atoms with van der Waals surface area (Å²) in [5.74, 6) is 2.82. The average molecular weight is 250 g/mol. The zero-order chi connectivity index (χ0) is 13.0. The molecule has 100 valence electrons. The summed E-state index contributed by atoms with van der Waals surface area (Å²) >= 11 is 0. The van der Waals surface area contributed by atoms with Crippen molar-refractivity contribution in [1.29, 1.82) is 0 Å². The van der Waals surface area contributed by atoms with E-state index in [4.69, 9.17) is 10.5 Å². The molecule has 2 atom stereocenters. The minimum atomic E-state index is 0.464. The third-order valence-corrected chi connectivity index (χ3v) is 3.49. The topological polar surface area (TPSA) is 73.1 Å². The van der Waals surface area contributed by atoms with Crippen molar-refractivity contribution in [3.05, 3.63) is 11.9 Å². The Hall–Kier alpha value is -1.36. The molecule has 1 fully saturated rings. The number of nitrogens with two attached hydrogens (primary N) is 1. The van der Waals surface area contributed by atoms with E-state index >= 15 is 0 Å². The van der Waals surface area contributed by atoms with Crippen molar-refractivity contribution in [3.63, 3.8) is 0 Å². The average Bonchev–Trinajstić information content (AvgIpc) is 2.38. The van der Waals surface area contributed by atoms with Crippen molar-refractivity contribution in [1.82, 2.24) is 9.97 Å². The fourth-order valence-corrected chi connectivity index (χ4v) is 2.56. The van der Waals surface area contributed by atoms with Gasteiger partial charge in [-0.25, -0.2) is 4.98 Å². The first kappa shape index (κ1) is 13.1. The second-order valence-electron chi connectivity index (χ2n) is 4.95. The van der Waals surface area contributed by atoms with Crippen LogP contribution in [0.5, 0.6) is 5.88 Å². The maximum absolute atomic E-state index is 5.76. The first-order valence-electron chi connectivity index (χ1n) is 6.57. The van der Waals surface area contributed by atoms with E-state index in [2.05, 4.69) is 15.3 Å². The van der Waals surface area contributed by atoms with E-state index in [1.54, 1.807) is 7.11 Å². The van der Waals surface area contributed by atoms with E-state index in [-0.39, 0.29) is 0 Å². The quantitative estimate of drug-likeness (QED) is 0.851. The molecule has 2 unspecified atom stereocenters. The summed E-state index contributed by atoms with van der Waals surface area (Å²) in [4.78, 5) is 8.58. The molecule has 0 amide bonds. The molecule has 1 heterocycles. The maximum Gasteiger partial charge on any atom is 0.218 e. The molecule has 5 nitrogen and oxygen atoms in total. The Balaban J connectivity index is 2.02. The predicted octanol–water partition coefficient (Wildman–Crippen LogP) is 1.72. The summed E-state index contributed by atoms with van der Waals surface area (Å²) in [7, 11) is 1.62. The normalized spacial score (nSPS) is 23.7. The molecule has 18 heavy (non-hydrogen) atoms. The number of ether oxygens (including phenoxy) is 1. The lowest BCUT2D eigenvalue weighted by Gasteiger charge is -2.29. The van der Waals surface area contributed by atoms with Gasteiger partial charge in [-0.15, -0.1) is 0 Å². The molecule has 0 saturated heterocycles. The van der Waals surface area contributed by atoms with Gasteiger partial charge in [0.2, 0.25) is 5.88 Å². The van der Waals surface area contributed by atoms with E-state index in [0.717, 1.165) is 24.6 Å². The highest BCUT2D eigenvalue weighted by Crippen LogP contribution is 2.26. The molecular weight excluding hydrogens is 228 g/mol. The van der Waals surface area contributed by atoms with Crippen LogP contribution in [0.15, 0.2) is 6.07 Å². The van der Waals surface area contributed by atoms with Crippen molar-refractivity contribution in [3.8, 4) is 5.88 Å². The fourth-order valence-electron chi connectivity index (χ4n) is 2.56. The highest BCUT2D eigenvalue weighted by Gasteiger charge is 2.21. The number of aryl methyl sites for hydroxylation is 1. The van der Waals surface area contributed by atoms with Crippen LogP contribution >= 0.6 is 0 Å². The second kappa shape index (κ2) is 6.00. The number of rotatable bonds is 4. The van der Waals surface area contributed by atoms with Crippen molar-refractivity contribution in [2.75, 3.05) is 19.0 Å². The SMILES string of the molecule is COc1cc(NC2CCCC(CN)C2)nc(C)n1. The highest BCUT2D eigenvalue weighted by atomic mass is 16.5. The lowest BCUT2D eigenvalue weighted by Crippen LogP contribution is -2.31. The van der Waals surface area contributed by atoms with E-state index in [0.29, 0.717) is 17.8 Å². The van der Waals surface area contributed by atoms with E-state index in [1.165, 1.54) is 19.3 Å². The molecule has 1 aromatic heterocycles. The Labute approximate surface area is 108 Å². The Kier molecular flexibility index (Phi) is 4.36. The van der Waals surface area contributed by atoms with Gasteiger partial charge < -0.3 is 15.8 Å². The van der Waals surface area contributed by atoms with Gasteiger partial charge in [0.1, 0.15) is 11.6 Å². The first-order chi connectivity index (χ1) is 8.71. The van der Waals surface area contributed by atoms with Gasteiger partial charge in [0.25, 0.3) is 0 Å². The third-order valence-electron chi connectivity index (χ3n) is 3.49. The van der Waals surface area contributed by atoms with Gasteiger partial charge in [-0.05, 0) is 38.6 Å². The molecule has 0 bridgehead atoms. The van der Waals surface area contributed by atoms with E-state index in [9.17, 15) is 0 Å². The van der Waals surface area contributed by atoms with Crippen LogP contribution in [0.4, 0.5) is 5.82 Å². The van der Waals surface area contributed by atoms with Crippen LogP contribution in [-0.2, 0) is 0 Å². The number of hydrogen-bond donors (Lipinski definition) is 2. The molecule has 3 N–H and O–H groups in total. The van der Waals surface area contributed by atoms with Crippen molar-refractivity contribution in [2.24, 2.45) is 11.7 Å². The van der Waals surface area contributed by atoms with Crippen molar-refractivity contribution >= 4 is 5.82 Å². The molecular formula is C13H22N4O. The Morgan fingerprint density at radius 3 is 3.00 bits per heavy atom. The number of methoxy groups -OCH3 is 1. The Morgan fingerprint density at radius 2 is 2.28 bits per heavy atom. The molecule has 0 spiro atoms. The minimum absolute atomic E-state index is 0.464. The summed E-state index contributed by atoms with van der Waals surface area (Å²) in [6.07, 6.45) is 4.80. The van der Waals surface area contributed by atoms with Gasteiger partial charge in [-0.1, -0.05) is 6.42 Å². The zero-order valence-electron chi connectivity index (χ0n) is 11.1. The second-order valence-corrected chi connectivity index (χ2v) is 4.95. The summed E-state index contributed by atoms with van der Waals surface area (Å²) in [6.45, 7) is 2.65. The third kappa shape index (κ3) is 3.32. The standard InChI is InChI=1S/C13H22N4O/c1-9-15-12(7-13(16-9)18-2)17-11-5-3-4-10(6-11)8-14/h7,10-11H,3-6,8,14H2,1-2H3,(H,15,16,17). The smallest absolute Gasteiger partial charge is 0.218 e. The molecule has 2 rings (SSSR count). The molecule has 0 aliphatic heterocycles. The Morgan fingerprint density at radius 1 is 1.44 bits per heavy atom. The van der Waals surface area contributed by atoms with E-state index in [1.807, 2.05) is 13.0 Å². The van der Waals surface area contributed by atoms with Crippen molar-refractivity contribution < 1.29 is 4.74 Å². The van der Waals surface area contributed by atoms with Crippen LogP contribution in [0.25, 0.3) is 0 Å². The summed E-state index contributed by atoms with van der Waals surface area (Å²) in [5.41, 5.74) is 5.76. The lowest BCUT2D eigenvalue weighted by atomic mass is 9.86. The number of hydrogen-bond acceptors (Lipinski definition) is 5. The number of anilines is 1. The summed E-state index contributed by atoms with van der Waals surface area (Å²) < 4.78 is 5.16.